The molecule has 0 radical (unpaired) electrons. The number of likely N-dealkylation sites (tertiary alicyclic amines) is 1. The number of aliphatic carboxylic acids is 1. The van der Waals surface area contributed by atoms with Gasteiger partial charge in [-0.1, -0.05) is 12.5 Å². The van der Waals surface area contributed by atoms with Crippen molar-refractivity contribution in [2.45, 2.75) is 25.3 Å². The average molecular weight is 169 g/mol. The minimum absolute atomic E-state index is 0.281. The summed E-state index contributed by atoms with van der Waals surface area (Å²) < 4.78 is 0. The zero-order valence-electron chi connectivity index (χ0n) is 7.20. The normalized spacial score (nSPS) is 25.2. The van der Waals surface area contributed by atoms with E-state index in [0.29, 0.717) is 6.54 Å². The van der Waals surface area contributed by atoms with Crippen LogP contribution in [0.5, 0.6) is 0 Å². The van der Waals surface area contributed by atoms with Crippen LogP contribution >= 0.6 is 0 Å². The van der Waals surface area contributed by atoms with Crippen LogP contribution in [-0.4, -0.2) is 35.1 Å². The second-order valence-corrected chi connectivity index (χ2v) is 3.13. The maximum absolute atomic E-state index is 10.8. The summed E-state index contributed by atoms with van der Waals surface area (Å²) in [6.45, 7) is 5.20. The molecule has 3 nitrogen and oxygen atoms in total. The van der Waals surface area contributed by atoms with E-state index in [1.54, 1.807) is 6.08 Å². The van der Waals surface area contributed by atoms with Crippen molar-refractivity contribution in [2.24, 2.45) is 0 Å². The molecule has 0 aromatic rings. The number of carboxylic acids is 1. The summed E-state index contributed by atoms with van der Waals surface area (Å²) in [6, 6.07) is -0.281. The van der Waals surface area contributed by atoms with Crippen LogP contribution in [0.2, 0.25) is 0 Å². The van der Waals surface area contributed by atoms with E-state index in [-0.39, 0.29) is 6.04 Å². The summed E-state index contributed by atoms with van der Waals surface area (Å²) in [4.78, 5) is 12.7. The van der Waals surface area contributed by atoms with Crippen molar-refractivity contribution in [2.75, 3.05) is 13.1 Å². The largest absolute Gasteiger partial charge is 0.480 e. The molecule has 0 aromatic heterocycles. The Kier molecular flexibility index (Phi) is 3.29. The van der Waals surface area contributed by atoms with Crippen LogP contribution < -0.4 is 0 Å². The van der Waals surface area contributed by atoms with Gasteiger partial charge >= 0.3 is 5.97 Å². The number of nitrogens with zero attached hydrogens (tertiary/aromatic N) is 1. The lowest BCUT2D eigenvalue weighted by Crippen LogP contribution is -2.44. The van der Waals surface area contributed by atoms with E-state index in [4.69, 9.17) is 5.11 Å². The third kappa shape index (κ3) is 2.08. The lowest BCUT2D eigenvalue weighted by molar-refractivity contribution is -0.144. The van der Waals surface area contributed by atoms with Crippen LogP contribution in [0.25, 0.3) is 0 Å². The summed E-state index contributed by atoms with van der Waals surface area (Å²) in [5.74, 6) is -0.698. The maximum Gasteiger partial charge on any atom is 0.320 e. The van der Waals surface area contributed by atoms with Crippen LogP contribution in [0.15, 0.2) is 12.7 Å². The minimum Gasteiger partial charge on any atom is -0.480 e. The second-order valence-electron chi connectivity index (χ2n) is 3.13. The second kappa shape index (κ2) is 4.26. The first-order valence-corrected chi connectivity index (χ1v) is 4.33. The van der Waals surface area contributed by atoms with Crippen LogP contribution in [0.4, 0.5) is 0 Å². The van der Waals surface area contributed by atoms with Gasteiger partial charge in [0.1, 0.15) is 6.04 Å². The molecule has 0 unspecified atom stereocenters. The summed E-state index contributed by atoms with van der Waals surface area (Å²) in [6.07, 6.45) is 4.69. The highest BCUT2D eigenvalue weighted by molar-refractivity contribution is 5.73. The Labute approximate surface area is 72.7 Å². The highest BCUT2D eigenvalue weighted by Gasteiger charge is 2.26. The molecule has 1 fully saturated rings. The molecule has 1 atom stereocenters. The molecule has 1 heterocycles. The average Bonchev–Trinajstić information content (AvgIpc) is 2.05. The first-order valence-electron chi connectivity index (χ1n) is 4.33. The van der Waals surface area contributed by atoms with Crippen molar-refractivity contribution in [3.63, 3.8) is 0 Å². The van der Waals surface area contributed by atoms with Crippen molar-refractivity contribution in [1.29, 1.82) is 0 Å². The lowest BCUT2D eigenvalue weighted by Gasteiger charge is -2.31. The minimum atomic E-state index is -0.698. The maximum atomic E-state index is 10.8. The van der Waals surface area contributed by atoms with E-state index < -0.39 is 5.97 Å². The number of piperidine rings is 1. The van der Waals surface area contributed by atoms with Gasteiger partial charge in [-0.2, -0.15) is 0 Å². The van der Waals surface area contributed by atoms with E-state index in [0.717, 1.165) is 25.8 Å². The van der Waals surface area contributed by atoms with E-state index in [9.17, 15) is 4.79 Å². The van der Waals surface area contributed by atoms with Gasteiger partial charge in [-0.15, -0.1) is 6.58 Å². The van der Waals surface area contributed by atoms with Gasteiger partial charge in [-0.05, 0) is 19.4 Å². The fraction of sp³-hybridized carbons (Fsp3) is 0.667. The van der Waals surface area contributed by atoms with Crippen molar-refractivity contribution in [3.05, 3.63) is 12.7 Å². The van der Waals surface area contributed by atoms with Gasteiger partial charge in [0.15, 0.2) is 0 Å². The number of carboxylic acid groups (broad SMARTS) is 1. The molecule has 1 saturated heterocycles. The summed E-state index contributed by atoms with van der Waals surface area (Å²) in [7, 11) is 0. The first kappa shape index (κ1) is 9.26. The fourth-order valence-electron chi connectivity index (χ4n) is 1.66. The number of hydrogen-bond donors (Lipinski definition) is 1. The van der Waals surface area contributed by atoms with Gasteiger partial charge in [-0.25, -0.2) is 0 Å². The van der Waals surface area contributed by atoms with Gasteiger partial charge in [-0.3, -0.25) is 9.69 Å². The van der Waals surface area contributed by atoms with Crippen molar-refractivity contribution < 1.29 is 9.90 Å². The van der Waals surface area contributed by atoms with Crippen LogP contribution in [-0.2, 0) is 4.79 Å². The number of rotatable bonds is 3. The summed E-state index contributed by atoms with van der Waals surface area (Å²) in [5.41, 5.74) is 0. The first-order chi connectivity index (χ1) is 5.75. The monoisotopic (exact) mass is 169 g/mol. The van der Waals surface area contributed by atoms with E-state index in [1.807, 2.05) is 4.90 Å². The SMILES string of the molecule is C=CCN1CCCC[C@H]1C(=O)O. The van der Waals surface area contributed by atoms with Crippen LogP contribution in [0.3, 0.4) is 0 Å². The molecule has 68 valence electrons. The quantitative estimate of drug-likeness (QED) is 0.643. The highest BCUT2D eigenvalue weighted by Crippen LogP contribution is 2.16. The summed E-state index contributed by atoms with van der Waals surface area (Å²) in [5, 5.41) is 8.86. The molecule has 0 amide bonds. The Morgan fingerprint density at radius 2 is 2.42 bits per heavy atom. The smallest absolute Gasteiger partial charge is 0.320 e. The Morgan fingerprint density at radius 1 is 1.67 bits per heavy atom. The molecule has 0 bridgehead atoms. The predicted octanol–water partition coefficient (Wildman–Crippen LogP) is 1.11. The van der Waals surface area contributed by atoms with Gasteiger partial charge in [0, 0.05) is 6.54 Å². The molecule has 0 spiro atoms. The standard InChI is InChI=1S/C9H15NO2/c1-2-6-10-7-4-3-5-8(10)9(11)12/h2,8H,1,3-7H2,(H,11,12)/t8-/m0/s1. The Morgan fingerprint density at radius 3 is 3.00 bits per heavy atom. The molecular weight excluding hydrogens is 154 g/mol. The van der Waals surface area contributed by atoms with Gasteiger partial charge in [0.2, 0.25) is 0 Å². The zero-order chi connectivity index (χ0) is 8.97. The molecule has 1 rings (SSSR count). The van der Waals surface area contributed by atoms with Gasteiger partial charge in [0.25, 0.3) is 0 Å². The third-order valence-corrected chi connectivity index (χ3v) is 2.26. The fourth-order valence-corrected chi connectivity index (χ4v) is 1.66. The predicted molar refractivity (Wildman–Crippen MR) is 47.0 cm³/mol. The zero-order valence-corrected chi connectivity index (χ0v) is 7.20. The van der Waals surface area contributed by atoms with E-state index in [1.165, 1.54) is 0 Å². The molecular formula is C9H15NO2. The van der Waals surface area contributed by atoms with Gasteiger partial charge < -0.3 is 5.11 Å². The molecule has 1 aliphatic rings. The highest BCUT2D eigenvalue weighted by atomic mass is 16.4. The lowest BCUT2D eigenvalue weighted by atomic mass is 10.0. The third-order valence-electron chi connectivity index (χ3n) is 2.26. The molecule has 0 aromatic carbocycles. The molecule has 0 aliphatic carbocycles. The van der Waals surface area contributed by atoms with E-state index in [2.05, 4.69) is 6.58 Å². The van der Waals surface area contributed by atoms with Crippen molar-refractivity contribution >= 4 is 5.97 Å². The Bertz CT molecular complexity index is 179. The van der Waals surface area contributed by atoms with Crippen molar-refractivity contribution in [3.8, 4) is 0 Å². The molecule has 3 heteroatoms. The van der Waals surface area contributed by atoms with Crippen LogP contribution in [0.1, 0.15) is 19.3 Å². The summed E-state index contributed by atoms with van der Waals surface area (Å²) >= 11 is 0. The molecule has 1 aliphatic heterocycles. The van der Waals surface area contributed by atoms with Crippen LogP contribution in [0, 0.1) is 0 Å². The number of carbonyl (C=O) groups is 1. The topological polar surface area (TPSA) is 40.5 Å². The molecule has 12 heavy (non-hydrogen) atoms. The number of hydrogen-bond acceptors (Lipinski definition) is 2. The molecule has 0 saturated carbocycles. The van der Waals surface area contributed by atoms with Crippen molar-refractivity contribution in [1.82, 2.24) is 4.90 Å². The van der Waals surface area contributed by atoms with Gasteiger partial charge in [0.05, 0.1) is 0 Å². The Hall–Kier alpha value is -0.830. The van der Waals surface area contributed by atoms with E-state index >= 15 is 0 Å². The Balaban J connectivity index is 2.53. The molecule has 1 N–H and O–H groups in total.